The normalized spacial score (nSPS) is 24.4. The summed E-state index contributed by atoms with van der Waals surface area (Å²) in [5.74, 6) is 1.94. The van der Waals surface area contributed by atoms with E-state index >= 15 is 0 Å². The maximum Gasteiger partial charge on any atom is 0.137 e. The topological polar surface area (TPSA) is 21.6 Å². The average molecular weight is 380 g/mol. The minimum Gasteiger partial charge on any atom is -0.375 e. The molecule has 0 saturated carbocycles. The van der Waals surface area contributed by atoms with Gasteiger partial charge in [0.1, 0.15) is 5.82 Å². The first-order valence-electron chi connectivity index (χ1n) is 7.34. The molecule has 0 amide bonds. The fourth-order valence-corrected chi connectivity index (χ4v) is 4.55. The maximum absolute atomic E-state index is 13.6. The van der Waals surface area contributed by atoms with Gasteiger partial charge in [0.2, 0.25) is 0 Å². The van der Waals surface area contributed by atoms with Crippen molar-refractivity contribution in [2.45, 2.75) is 12.3 Å². The van der Waals surface area contributed by atoms with Gasteiger partial charge in [0, 0.05) is 17.4 Å². The Kier molecular flexibility index (Phi) is 3.96. The fourth-order valence-electron chi connectivity index (χ4n) is 3.31. The average Bonchev–Trinajstić information content (AvgIpc) is 2.55. The first kappa shape index (κ1) is 14.7. The molecule has 0 bridgehead atoms. The van der Waals surface area contributed by atoms with E-state index in [9.17, 15) is 4.39 Å². The third kappa shape index (κ3) is 2.49. The predicted octanol–water partition coefficient (Wildman–Crippen LogP) is 4.47. The number of allylic oxidation sites excluding steroid dienone is 1. The molecule has 5 heteroatoms. The first-order valence-corrected chi connectivity index (χ1v) is 9.29. The molecule has 0 N–H and O–H groups in total. The standard InChI is InChI=1S/C17H15BrFNOS/c18-13-7-10(1-2-14(13)19)17-11-3-5-21-8-15(11)20-16-9-22-6-4-12(16)17/h1-2,4,7,17H,3,5-6,8-9H2. The third-order valence-electron chi connectivity index (χ3n) is 4.32. The van der Waals surface area contributed by atoms with E-state index in [4.69, 9.17) is 9.73 Å². The molecule has 1 aromatic carbocycles. The molecule has 0 fully saturated rings. The van der Waals surface area contributed by atoms with Gasteiger partial charge in [-0.05, 0) is 51.2 Å². The molecule has 0 radical (unpaired) electrons. The molecule has 1 unspecified atom stereocenters. The summed E-state index contributed by atoms with van der Waals surface area (Å²) in [6.07, 6.45) is 3.18. The zero-order chi connectivity index (χ0) is 15.1. The molecule has 3 aliphatic rings. The Hall–Kier alpha value is -0.910. The van der Waals surface area contributed by atoms with Gasteiger partial charge in [0.15, 0.2) is 0 Å². The van der Waals surface area contributed by atoms with Gasteiger partial charge in [-0.2, -0.15) is 11.8 Å². The number of halogens is 2. The molecule has 2 nitrogen and oxygen atoms in total. The second kappa shape index (κ2) is 5.95. The zero-order valence-corrected chi connectivity index (χ0v) is 14.3. The summed E-state index contributed by atoms with van der Waals surface area (Å²) in [6.45, 7) is 1.33. The van der Waals surface area contributed by atoms with Gasteiger partial charge >= 0.3 is 0 Å². The minimum absolute atomic E-state index is 0.198. The Morgan fingerprint density at radius 1 is 1.36 bits per heavy atom. The van der Waals surface area contributed by atoms with E-state index in [1.807, 2.05) is 23.9 Å². The molecule has 0 spiro atoms. The SMILES string of the molecule is Fc1ccc(C2C3=CCSCC3=NC3=C2CCOC3)cc1Br. The van der Waals surface area contributed by atoms with Crippen molar-refractivity contribution in [3.63, 3.8) is 0 Å². The fraction of sp³-hybridized carbons (Fsp3) is 0.353. The van der Waals surface area contributed by atoms with Crippen LogP contribution >= 0.6 is 27.7 Å². The van der Waals surface area contributed by atoms with Gasteiger partial charge in [0.25, 0.3) is 0 Å². The highest BCUT2D eigenvalue weighted by molar-refractivity contribution is 9.10. The molecule has 3 aliphatic heterocycles. The number of aliphatic imine (C=N–C) groups is 1. The number of fused-ring (bicyclic) bond motifs is 1. The Balaban J connectivity index is 1.86. The lowest BCUT2D eigenvalue weighted by atomic mass is 9.78. The van der Waals surface area contributed by atoms with Crippen LogP contribution in [-0.2, 0) is 4.74 Å². The molecular weight excluding hydrogens is 365 g/mol. The van der Waals surface area contributed by atoms with Crippen molar-refractivity contribution in [1.82, 2.24) is 0 Å². The van der Waals surface area contributed by atoms with Crippen molar-refractivity contribution in [2.24, 2.45) is 4.99 Å². The maximum atomic E-state index is 13.6. The lowest BCUT2D eigenvalue weighted by Gasteiger charge is -2.34. The molecule has 22 heavy (non-hydrogen) atoms. The van der Waals surface area contributed by atoms with Crippen molar-refractivity contribution < 1.29 is 9.13 Å². The second-order valence-electron chi connectivity index (χ2n) is 5.61. The molecule has 1 atom stereocenters. The van der Waals surface area contributed by atoms with Crippen LogP contribution in [0, 0.1) is 5.82 Å². The summed E-state index contributed by atoms with van der Waals surface area (Å²) in [4.78, 5) is 4.84. The summed E-state index contributed by atoms with van der Waals surface area (Å²) in [5.41, 5.74) is 6.01. The molecule has 0 saturated heterocycles. The van der Waals surface area contributed by atoms with Crippen molar-refractivity contribution in [3.05, 3.63) is 57.0 Å². The number of benzene rings is 1. The number of ether oxygens (including phenoxy) is 1. The van der Waals surface area contributed by atoms with Crippen LogP contribution in [0.5, 0.6) is 0 Å². The largest absolute Gasteiger partial charge is 0.375 e. The van der Waals surface area contributed by atoms with E-state index in [0.29, 0.717) is 11.1 Å². The van der Waals surface area contributed by atoms with E-state index in [0.717, 1.165) is 41.5 Å². The van der Waals surface area contributed by atoms with Crippen LogP contribution in [0.15, 0.2) is 50.6 Å². The van der Waals surface area contributed by atoms with Gasteiger partial charge in [-0.3, -0.25) is 4.99 Å². The molecule has 4 rings (SSSR count). The highest BCUT2D eigenvalue weighted by Crippen LogP contribution is 2.43. The molecular formula is C17H15BrFNOS. The molecule has 3 heterocycles. The monoisotopic (exact) mass is 379 g/mol. The molecule has 0 aromatic heterocycles. The van der Waals surface area contributed by atoms with E-state index in [2.05, 4.69) is 22.0 Å². The van der Waals surface area contributed by atoms with Crippen molar-refractivity contribution in [2.75, 3.05) is 24.7 Å². The Labute approximate surface area is 141 Å². The molecule has 0 aliphatic carbocycles. The second-order valence-corrected chi connectivity index (χ2v) is 7.50. The number of hydrogen-bond donors (Lipinski definition) is 0. The smallest absolute Gasteiger partial charge is 0.137 e. The summed E-state index contributed by atoms with van der Waals surface area (Å²) in [5, 5.41) is 0. The van der Waals surface area contributed by atoms with Crippen LogP contribution in [0.1, 0.15) is 17.9 Å². The van der Waals surface area contributed by atoms with Crippen molar-refractivity contribution in [1.29, 1.82) is 0 Å². The van der Waals surface area contributed by atoms with E-state index in [-0.39, 0.29) is 11.7 Å². The summed E-state index contributed by atoms with van der Waals surface area (Å²) >= 11 is 5.20. The van der Waals surface area contributed by atoms with Crippen LogP contribution < -0.4 is 0 Å². The van der Waals surface area contributed by atoms with Gasteiger partial charge < -0.3 is 4.74 Å². The van der Waals surface area contributed by atoms with Crippen molar-refractivity contribution >= 4 is 33.4 Å². The predicted molar refractivity (Wildman–Crippen MR) is 92.1 cm³/mol. The zero-order valence-electron chi connectivity index (χ0n) is 11.9. The summed E-state index contributed by atoms with van der Waals surface area (Å²) < 4.78 is 19.7. The van der Waals surface area contributed by atoms with Crippen LogP contribution in [0.4, 0.5) is 4.39 Å². The first-order chi connectivity index (χ1) is 10.7. The number of thioether (sulfide) groups is 1. The van der Waals surface area contributed by atoms with E-state index < -0.39 is 0 Å². The van der Waals surface area contributed by atoms with E-state index in [1.165, 1.54) is 11.1 Å². The summed E-state index contributed by atoms with van der Waals surface area (Å²) in [6, 6.07) is 5.35. The van der Waals surface area contributed by atoms with Gasteiger partial charge in [-0.1, -0.05) is 12.1 Å². The quantitative estimate of drug-likeness (QED) is 0.717. The Morgan fingerprint density at radius 3 is 3.14 bits per heavy atom. The van der Waals surface area contributed by atoms with Crippen LogP contribution in [-0.4, -0.2) is 30.4 Å². The Bertz CT molecular complexity index is 725. The van der Waals surface area contributed by atoms with Gasteiger partial charge in [-0.25, -0.2) is 4.39 Å². The third-order valence-corrected chi connectivity index (χ3v) is 5.81. The van der Waals surface area contributed by atoms with Crippen LogP contribution in [0.25, 0.3) is 0 Å². The highest BCUT2D eigenvalue weighted by atomic mass is 79.9. The molecule has 114 valence electrons. The highest BCUT2D eigenvalue weighted by Gasteiger charge is 2.33. The van der Waals surface area contributed by atoms with Crippen molar-refractivity contribution in [3.8, 4) is 0 Å². The van der Waals surface area contributed by atoms with Crippen LogP contribution in [0.2, 0.25) is 0 Å². The lowest BCUT2D eigenvalue weighted by Crippen LogP contribution is -2.28. The van der Waals surface area contributed by atoms with Gasteiger partial charge in [0.05, 0.1) is 29.1 Å². The molecule has 1 aromatic rings. The summed E-state index contributed by atoms with van der Waals surface area (Å²) in [7, 11) is 0. The number of nitrogens with zero attached hydrogens (tertiary/aromatic N) is 1. The van der Waals surface area contributed by atoms with E-state index in [1.54, 1.807) is 6.07 Å². The van der Waals surface area contributed by atoms with Gasteiger partial charge in [-0.15, -0.1) is 0 Å². The van der Waals surface area contributed by atoms with Crippen LogP contribution in [0.3, 0.4) is 0 Å². The number of rotatable bonds is 1. The minimum atomic E-state index is -0.220. The lowest BCUT2D eigenvalue weighted by molar-refractivity contribution is 0.143. The number of hydrogen-bond acceptors (Lipinski definition) is 3. The Morgan fingerprint density at radius 2 is 2.27 bits per heavy atom.